The van der Waals surface area contributed by atoms with Crippen LogP contribution in [0.5, 0.6) is 0 Å². The van der Waals surface area contributed by atoms with Gasteiger partial charge in [0.25, 0.3) is 0 Å². The number of nitrogens with one attached hydrogen (secondary N) is 1. The number of hydrogen-bond donors (Lipinski definition) is 1. The second-order valence-electron chi connectivity index (χ2n) is 3.36. The summed E-state index contributed by atoms with van der Waals surface area (Å²) in [7, 11) is 0. The van der Waals surface area contributed by atoms with Crippen LogP contribution in [0.2, 0.25) is 0 Å². The molecule has 1 N–H and O–H groups in total. The average molecular weight is 238 g/mol. The smallest absolute Gasteiger partial charge is 0.272 e. The van der Waals surface area contributed by atoms with Crippen molar-refractivity contribution in [3.63, 3.8) is 0 Å². The van der Waals surface area contributed by atoms with E-state index in [-0.39, 0.29) is 5.69 Å². The van der Waals surface area contributed by atoms with E-state index in [1.54, 1.807) is 13.8 Å². The Labute approximate surface area is 96.2 Å². The van der Waals surface area contributed by atoms with E-state index in [9.17, 15) is 20.2 Å². The van der Waals surface area contributed by atoms with Gasteiger partial charge in [-0.25, -0.2) is 0 Å². The van der Waals surface area contributed by atoms with Gasteiger partial charge in [-0.05, 0) is 19.9 Å². The SMILES string of the molecule is CC(C)=NNc1cccc([N+](=O)[O-])c1[N+](=O)[O-]. The number of para-hydroxylation sites is 1. The Morgan fingerprint density at radius 3 is 2.35 bits per heavy atom. The highest BCUT2D eigenvalue weighted by molar-refractivity contribution is 5.81. The molecule has 0 spiro atoms. The lowest BCUT2D eigenvalue weighted by Crippen LogP contribution is -2.01. The number of hydrazone groups is 1. The van der Waals surface area contributed by atoms with Gasteiger partial charge in [-0.15, -0.1) is 0 Å². The van der Waals surface area contributed by atoms with Gasteiger partial charge in [0.1, 0.15) is 5.69 Å². The zero-order valence-corrected chi connectivity index (χ0v) is 9.21. The molecule has 1 rings (SSSR count). The number of nitrogens with zero attached hydrogens (tertiary/aromatic N) is 3. The van der Waals surface area contributed by atoms with Crippen molar-refractivity contribution in [3.8, 4) is 0 Å². The molecule has 0 aliphatic rings. The van der Waals surface area contributed by atoms with Crippen LogP contribution in [0.3, 0.4) is 0 Å². The third kappa shape index (κ3) is 2.97. The van der Waals surface area contributed by atoms with E-state index in [2.05, 4.69) is 10.5 Å². The van der Waals surface area contributed by atoms with Crippen molar-refractivity contribution in [2.45, 2.75) is 13.8 Å². The molecule has 0 unspecified atom stereocenters. The molecular weight excluding hydrogens is 228 g/mol. The second kappa shape index (κ2) is 5.01. The number of nitro groups is 2. The van der Waals surface area contributed by atoms with Crippen LogP contribution in [0.1, 0.15) is 13.8 Å². The van der Waals surface area contributed by atoms with Gasteiger partial charge in [-0.1, -0.05) is 6.07 Å². The van der Waals surface area contributed by atoms with Crippen LogP contribution < -0.4 is 5.43 Å². The average Bonchev–Trinajstić information content (AvgIpc) is 2.25. The van der Waals surface area contributed by atoms with E-state index < -0.39 is 21.2 Å². The van der Waals surface area contributed by atoms with Crippen molar-refractivity contribution >= 4 is 22.8 Å². The van der Waals surface area contributed by atoms with Gasteiger partial charge < -0.3 is 0 Å². The summed E-state index contributed by atoms with van der Waals surface area (Å²) in [6.45, 7) is 3.38. The summed E-state index contributed by atoms with van der Waals surface area (Å²) in [5.74, 6) is 0. The Hall–Kier alpha value is -2.51. The predicted octanol–water partition coefficient (Wildman–Crippen LogP) is 2.31. The molecule has 0 saturated heterocycles. The maximum Gasteiger partial charge on any atom is 0.370 e. The lowest BCUT2D eigenvalue weighted by Gasteiger charge is -2.02. The van der Waals surface area contributed by atoms with Crippen molar-refractivity contribution in [1.29, 1.82) is 0 Å². The van der Waals surface area contributed by atoms with Crippen LogP contribution in [-0.2, 0) is 0 Å². The molecule has 8 heteroatoms. The molecule has 1 aromatic carbocycles. The number of benzene rings is 1. The van der Waals surface area contributed by atoms with Crippen molar-refractivity contribution in [3.05, 3.63) is 38.4 Å². The molecule has 0 heterocycles. The van der Waals surface area contributed by atoms with E-state index in [0.29, 0.717) is 5.71 Å². The summed E-state index contributed by atoms with van der Waals surface area (Å²) in [5, 5.41) is 25.2. The predicted molar refractivity (Wildman–Crippen MR) is 62.2 cm³/mol. The van der Waals surface area contributed by atoms with Crippen LogP contribution >= 0.6 is 0 Å². The van der Waals surface area contributed by atoms with Gasteiger partial charge in [0.05, 0.1) is 9.85 Å². The fourth-order valence-corrected chi connectivity index (χ4v) is 1.13. The van der Waals surface area contributed by atoms with Crippen LogP contribution in [0, 0.1) is 20.2 Å². The topological polar surface area (TPSA) is 111 Å². The second-order valence-corrected chi connectivity index (χ2v) is 3.36. The first-order valence-electron chi connectivity index (χ1n) is 4.62. The van der Waals surface area contributed by atoms with Gasteiger partial charge in [-0.3, -0.25) is 25.7 Å². The number of rotatable bonds is 4. The minimum absolute atomic E-state index is 0.00889. The van der Waals surface area contributed by atoms with Crippen LogP contribution in [0.4, 0.5) is 17.1 Å². The Bertz CT molecular complexity index is 494. The van der Waals surface area contributed by atoms with Gasteiger partial charge >= 0.3 is 11.4 Å². The highest BCUT2D eigenvalue weighted by Gasteiger charge is 2.27. The number of hydrogen-bond acceptors (Lipinski definition) is 6. The van der Waals surface area contributed by atoms with Crippen LogP contribution in [-0.4, -0.2) is 15.6 Å². The lowest BCUT2D eigenvalue weighted by atomic mass is 10.2. The molecule has 17 heavy (non-hydrogen) atoms. The highest BCUT2D eigenvalue weighted by atomic mass is 16.6. The number of anilines is 1. The van der Waals surface area contributed by atoms with Crippen molar-refractivity contribution in [2.24, 2.45) is 5.10 Å². The maximum absolute atomic E-state index is 10.8. The standard InChI is InChI=1S/C9H10N4O4/c1-6(2)10-11-7-4-3-5-8(12(14)15)9(7)13(16)17/h3-5,11H,1-2H3. The molecule has 1 aromatic rings. The van der Waals surface area contributed by atoms with Crippen molar-refractivity contribution < 1.29 is 9.85 Å². The minimum Gasteiger partial charge on any atom is -0.272 e. The summed E-state index contributed by atoms with van der Waals surface area (Å²) in [4.78, 5) is 19.9. The van der Waals surface area contributed by atoms with Crippen LogP contribution in [0.25, 0.3) is 0 Å². The summed E-state index contributed by atoms with van der Waals surface area (Å²) in [5.41, 5.74) is 1.91. The van der Waals surface area contributed by atoms with Gasteiger partial charge in [0.2, 0.25) is 0 Å². The van der Waals surface area contributed by atoms with Gasteiger partial charge in [-0.2, -0.15) is 5.10 Å². The number of nitro benzene ring substituents is 2. The summed E-state index contributed by atoms with van der Waals surface area (Å²) in [6, 6.07) is 3.79. The molecule has 0 aromatic heterocycles. The van der Waals surface area contributed by atoms with E-state index >= 15 is 0 Å². The molecular formula is C9H10N4O4. The molecule has 0 bridgehead atoms. The fraction of sp³-hybridized carbons (Fsp3) is 0.222. The minimum atomic E-state index is -0.805. The molecule has 90 valence electrons. The van der Waals surface area contributed by atoms with Gasteiger partial charge in [0, 0.05) is 11.8 Å². The Morgan fingerprint density at radius 2 is 1.88 bits per heavy atom. The largest absolute Gasteiger partial charge is 0.370 e. The molecule has 0 atom stereocenters. The monoisotopic (exact) mass is 238 g/mol. The molecule has 0 saturated carbocycles. The molecule has 0 radical (unpaired) electrons. The molecule has 0 aliphatic heterocycles. The first-order valence-corrected chi connectivity index (χ1v) is 4.62. The molecule has 0 amide bonds. The first-order chi connectivity index (χ1) is 7.93. The van der Waals surface area contributed by atoms with Crippen molar-refractivity contribution in [1.82, 2.24) is 0 Å². The summed E-state index contributed by atoms with van der Waals surface area (Å²) >= 11 is 0. The fourth-order valence-electron chi connectivity index (χ4n) is 1.13. The third-order valence-corrected chi connectivity index (χ3v) is 1.79. The third-order valence-electron chi connectivity index (χ3n) is 1.79. The zero-order valence-electron chi connectivity index (χ0n) is 9.21. The Kier molecular flexibility index (Phi) is 3.70. The van der Waals surface area contributed by atoms with Gasteiger partial charge in [0.15, 0.2) is 0 Å². The lowest BCUT2D eigenvalue weighted by molar-refractivity contribution is -0.421. The van der Waals surface area contributed by atoms with Crippen molar-refractivity contribution in [2.75, 3.05) is 5.43 Å². The van der Waals surface area contributed by atoms with E-state index in [4.69, 9.17) is 0 Å². The molecule has 0 fully saturated rings. The van der Waals surface area contributed by atoms with Crippen LogP contribution in [0.15, 0.2) is 23.3 Å². The highest BCUT2D eigenvalue weighted by Crippen LogP contribution is 2.34. The quantitative estimate of drug-likeness (QED) is 0.491. The molecule has 8 nitrogen and oxygen atoms in total. The van der Waals surface area contributed by atoms with E-state index in [0.717, 1.165) is 6.07 Å². The first kappa shape index (κ1) is 12.6. The summed E-state index contributed by atoms with van der Waals surface area (Å²) < 4.78 is 0. The summed E-state index contributed by atoms with van der Waals surface area (Å²) in [6.07, 6.45) is 0. The zero-order chi connectivity index (χ0) is 13.0. The Balaban J connectivity index is 3.30. The maximum atomic E-state index is 10.8. The normalized spacial score (nSPS) is 9.53. The molecule has 0 aliphatic carbocycles. The van der Waals surface area contributed by atoms with E-state index in [1.807, 2.05) is 0 Å². The Morgan fingerprint density at radius 1 is 1.24 bits per heavy atom. The van der Waals surface area contributed by atoms with E-state index in [1.165, 1.54) is 12.1 Å².